The van der Waals surface area contributed by atoms with Crippen LogP contribution in [-0.2, 0) is 19.1 Å². The van der Waals surface area contributed by atoms with Gasteiger partial charge in [-0.3, -0.25) is 14.4 Å². The molecule has 1 aromatic rings. The van der Waals surface area contributed by atoms with E-state index in [1.807, 2.05) is 18.2 Å². The number of carbonyl (C=O) groups excluding carboxylic acids is 3. The Hall–Kier alpha value is -2.45. The molecule has 0 radical (unpaired) electrons. The maximum absolute atomic E-state index is 13.6. The molecule has 3 heterocycles. The highest BCUT2D eigenvalue weighted by Crippen LogP contribution is 2.58. The lowest BCUT2D eigenvalue weighted by Crippen LogP contribution is -2.57. The van der Waals surface area contributed by atoms with Gasteiger partial charge in [0.2, 0.25) is 17.7 Å². The molecule has 3 fully saturated rings. The number of fused-ring (bicyclic) bond motifs is 1. The molecule has 8 nitrogen and oxygen atoms in total. The van der Waals surface area contributed by atoms with E-state index in [-0.39, 0.29) is 24.3 Å². The zero-order valence-corrected chi connectivity index (χ0v) is 18.8. The van der Waals surface area contributed by atoms with Gasteiger partial charge >= 0.3 is 0 Å². The Morgan fingerprint density at radius 2 is 2.00 bits per heavy atom. The molecule has 8 heteroatoms. The average molecular weight is 444 g/mol. The monoisotopic (exact) mass is 443 g/mol. The Labute approximate surface area is 188 Å². The van der Waals surface area contributed by atoms with Gasteiger partial charge in [0.15, 0.2) is 0 Å². The van der Waals surface area contributed by atoms with Crippen LogP contribution in [-0.4, -0.2) is 64.7 Å². The Kier molecular flexibility index (Phi) is 6.53. The highest BCUT2D eigenvalue weighted by Gasteiger charge is 2.74. The lowest BCUT2D eigenvalue weighted by atomic mass is 9.70. The largest absolute Gasteiger partial charge is 0.394 e. The Morgan fingerprint density at radius 1 is 1.25 bits per heavy atom. The van der Waals surface area contributed by atoms with Crippen molar-refractivity contribution in [3.63, 3.8) is 0 Å². The van der Waals surface area contributed by atoms with Gasteiger partial charge in [0.1, 0.15) is 11.6 Å². The lowest BCUT2D eigenvalue weighted by Gasteiger charge is -2.35. The first-order valence-electron chi connectivity index (χ1n) is 11.7. The second kappa shape index (κ2) is 9.19. The third-order valence-corrected chi connectivity index (χ3v) is 7.15. The highest BCUT2D eigenvalue weighted by atomic mass is 16.5. The fraction of sp³-hybridized carbons (Fsp3) is 0.625. The number of hydrogen-bond acceptors (Lipinski definition) is 5. The zero-order chi connectivity index (χ0) is 22.9. The number of nitrogens with one attached hydrogen (secondary N) is 2. The third-order valence-electron chi connectivity index (χ3n) is 7.15. The minimum Gasteiger partial charge on any atom is -0.394 e. The van der Waals surface area contributed by atoms with E-state index in [1.165, 1.54) is 4.90 Å². The van der Waals surface area contributed by atoms with E-state index in [9.17, 15) is 19.5 Å². The van der Waals surface area contributed by atoms with Gasteiger partial charge in [-0.2, -0.15) is 0 Å². The SMILES string of the molecule is CCCCCNC(=O)C1N([C@H](C)CO)C(=O)[C@@H]2[C@H](C(=O)Nc3ccccc3)[C@@H]3CCC12O3. The Morgan fingerprint density at radius 3 is 2.69 bits per heavy atom. The summed E-state index contributed by atoms with van der Waals surface area (Å²) >= 11 is 0. The molecule has 1 spiro atoms. The summed E-state index contributed by atoms with van der Waals surface area (Å²) in [6.07, 6.45) is 3.69. The van der Waals surface area contributed by atoms with E-state index in [4.69, 9.17) is 4.74 Å². The summed E-state index contributed by atoms with van der Waals surface area (Å²) in [5.41, 5.74) is -0.371. The van der Waals surface area contributed by atoms with Crippen LogP contribution in [0, 0.1) is 11.8 Å². The number of aliphatic hydroxyl groups is 1. The number of aliphatic hydroxyl groups excluding tert-OH is 1. The molecule has 0 saturated carbocycles. The van der Waals surface area contributed by atoms with Gasteiger partial charge in [-0.25, -0.2) is 0 Å². The fourth-order valence-corrected chi connectivity index (χ4v) is 5.68. The number of hydrogen-bond donors (Lipinski definition) is 3. The number of rotatable bonds is 9. The number of para-hydroxylation sites is 1. The van der Waals surface area contributed by atoms with Gasteiger partial charge in [0.25, 0.3) is 0 Å². The van der Waals surface area contributed by atoms with Crippen molar-refractivity contribution in [2.75, 3.05) is 18.5 Å². The number of carbonyl (C=O) groups is 3. The van der Waals surface area contributed by atoms with Crippen LogP contribution in [0.2, 0.25) is 0 Å². The molecule has 0 aliphatic carbocycles. The van der Waals surface area contributed by atoms with Crippen LogP contribution in [0.1, 0.15) is 46.0 Å². The molecule has 0 aromatic heterocycles. The normalized spacial score (nSPS) is 31.5. The van der Waals surface area contributed by atoms with Crippen LogP contribution in [0.15, 0.2) is 30.3 Å². The molecule has 3 amide bonds. The molecule has 1 aromatic carbocycles. The Balaban J connectivity index is 1.61. The summed E-state index contributed by atoms with van der Waals surface area (Å²) in [6, 6.07) is 7.73. The van der Waals surface area contributed by atoms with Crippen molar-refractivity contribution in [3.05, 3.63) is 30.3 Å². The van der Waals surface area contributed by atoms with Crippen LogP contribution in [0.4, 0.5) is 5.69 Å². The number of amides is 3. The van der Waals surface area contributed by atoms with Crippen molar-refractivity contribution in [2.45, 2.75) is 69.7 Å². The van der Waals surface area contributed by atoms with Crippen molar-refractivity contribution in [1.82, 2.24) is 10.2 Å². The van der Waals surface area contributed by atoms with Crippen molar-refractivity contribution >= 4 is 23.4 Å². The number of unbranched alkanes of at least 4 members (excludes halogenated alkanes) is 2. The van der Waals surface area contributed by atoms with Crippen molar-refractivity contribution in [2.24, 2.45) is 11.8 Å². The molecule has 3 aliphatic heterocycles. The average Bonchev–Trinajstić information content (AvgIpc) is 3.44. The molecule has 3 N–H and O–H groups in total. The summed E-state index contributed by atoms with van der Waals surface area (Å²) in [6.45, 7) is 4.08. The predicted octanol–water partition coefficient (Wildman–Crippen LogP) is 1.69. The third kappa shape index (κ3) is 3.69. The summed E-state index contributed by atoms with van der Waals surface area (Å²) < 4.78 is 6.35. The molecule has 4 rings (SSSR count). The zero-order valence-electron chi connectivity index (χ0n) is 18.8. The first kappa shape index (κ1) is 22.7. The van der Waals surface area contributed by atoms with E-state index in [0.717, 1.165) is 19.3 Å². The van der Waals surface area contributed by atoms with E-state index < -0.39 is 35.6 Å². The molecule has 2 bridgehead atoms. The number of nitrogens with zero attached hydrogens (tertiary/aromatic N) is 1. The molecular weight excluding hydrogens is 410 g/mol. The Bertz CT molecular complexity index is 862. The van der Waals surface area contributed by atoms with Gasteiger partial charge in [-0.05, 0) is 38.3 Å². The summed E-state index contributed by atoms with van der Waals surface area (Å²) in [5.74, 6) is -2.20. The summed E-state index contributed by atoms with van der Waals surface area (Å²) in [7, 11) is 0. The minimum atomic E-state index is -1.03. The van der Waals surface area contributed by atoms with Crippen molar-refractivity contribution in [1.29, 1.82) is 0 Å². The molecular formula is C24H33N3O5. The molecule has 6 atom stereocenters. The second-order valence-corrected chi connectivity index (χ2v) is 9.19. The molecule has 174 valence electrons. The first-order valence-corrected chi connectivity index (χ1v) is 11.7. The van der Waals surface area contributed by atoms with Crippen molar-refractivity contribution in [3.8, 4) is 0 Å². The topological polar surface area (TPSA) is 108 Å². The summed E-state index contributed by atoms with van der Waals surface area (Å²) in [4.78, 5) is 41.6. The van der Waals surface area contributed by atoms with E-state index in [2.05, 4.69) is 17.6 Å². The number of likely N-dealkylation sites (tertiary alicyclic amines) is 1. The standard InChI is InChI=1S/C24H33N3O5/c1-3-4-8-13-25-22(30)20-24-12-11-17(32-24)18(19(24)23(31)27(20)15(2)14-28)21(29)26-16-9-6-5-7-10-16/h5-7,9-10,15,17-20,28H,3-4,8,11-14H2,1-2H3,(H,25,30)(H,26,29)/t15-,17+,18-,19+,20?,24?/m1/s1. The molecule has 3 saturated heterocycles. The summed E-state index contributed by atoms with van der Waals surface area (Å²) in [5, 5.41) is 15.7. The second-order valence-electron chi connectivity index (χ2n) is 9.19. The molecule has 3 aliphatic rings. The van der Waals surface area contributed by atoms with Crippen LogP contribution in [0.25, 0.3) is 0 Å². The highest BCUT2D eigenvalue weighted by molar-refractivity contribution is 6.02. The van der Waals surface area contributed by atoms with Gasteiger partial charge < -0.3 is 25.4 Å². The smallest absolute Gasteiger partial charge is 0.245 e. The van der Waals surface area contributed by atoms with E-state index in [1.54, 1.807) is 19.1 Å². The van der Waals surface area contributed by atoms with Gasteiger partial charge in [-0.1, -0.05) is 38.0 Å². The van der Waals surface area contributed by atoms with Crippen LogP contribution in [0.5, 0.6) is 0 Å². The van der Waals surface area contributed by atoms with Gasteiger partial charge in [-0.15, -0.1) is 0 Å². The number of anilines is 1. The van der Waals surface area contributed by atoms with Crippen molar-refractivity contribution < 1.29 is 24.2 Å². The number of benzene rings is 1. The minimum absolute atomic E-state index is 0.262. The first-order chi connectivity index (χ1) is 15.4. The van der Waals surface area contributed by atoms with Crippen LogP contribution < -0.4 is 10.6 Å². The van der Waals surface area contributed by atoms with E-state index >= 15 is 0 Å². The quantitative estimate of drug-likeness (QED) is 0.504. The predicted molar refractivity (Wildman–Crippen MR) is 119 cm³/mol. The maximum atomic E-state index is 13.6. The van der Waals surface area contributed by atoms with Crippen LogP contribution >= 0.6 is 0 Å². The van der Waals surface area contributed by atoms with Gasteiger partial charge in [0, 0.05) is 12.2 Å². The van der Waals surface area contributed by atoms with E-state index in [0.29, 0.717) is 25.1 Å². The van der Waals surface area contributed by atoms with Gasteiger partial charge in [0.05, 0.1) is 30.6 Å². The number of ether oxygens (including phenoxy) is 1. The maximum Gasteiger partial charge on any atom is 0.245 e. The molecule has 2 unspecified atom stereocenters. The lowest BCUT2D eigenvalue weighted by molar-refractivity contribution is -0.144. The fourth-order valence-electron chi connectivity index (χ4n) is 5.68. The molecule has 32 heavy (non-hydrogen) atoms. The van der Waals surface area contributed by atoms with Crippen LogP contribution in [0.3, 0.4) is 0 Å².